The third-order valence-corrected chi connectivity index (χ3v) is 2.75. The normalized spacial score (nSPS) is 10.4. The fourth-order valence-electron chi connectivity index (χ4n) is 1.82. The summed E-state index contributed by atoms with van der Waals surface area (Å²) in [6.45, 7) is 2.69. The molecule has 0 unspecified atom stereocenters. The molecule has 2 rings (SSSR count). The quantitative estimate of drug-likeness (QED) is 0.886. The highest BCUT2D eigenvalue weighted by molar-refractivity contribution is 5.95. The molecule has 1 aromatic heterocycles. The second-order valence-electron chi connectivity index (χ2n) is 4.14. The van der Waals surface area contributed by atoms with Crippen molar-refractivity contribution in [2.75, 3.05) is 6.54 Å². The van der Waals surface area contributed by atoms with Crippen molar-refractivity contribution < 1.29 is 19.4 Å². The molecule has 1 aromatic carbocycles. The molecule has 2 N–H and O–H groups in total. The Morgan fingerprint density at radius 2 is 1.95 bits per heavy atom. The molecule has 0 bridgehead atoms. The van der Waals surface area contributed by atoms with Gasteiger partial charge in [-0.2, -0.15) is 0 Å². The van der Waals surface area contributed by atoms with Crippen LogP contribution in [0.5, 0.6) is 11.5 Å². The van der Waals surface area contributed by atoms with Crippen molar-refractivity contribution in [3.63, 3.8) is 0 Å². The Bertz CT molecular complexity index is 543. The smallest absolute Gasteiger partial charge is 0.254 e. The lowest BCUT2D eigenvalue weighted by Crippen LogP contribution is -2.30. The summed E-state index contributed by atoms with van der Waals surface area (Å²) in [5.74, 6) is 0.125. The van der Waals surface area contributed by atoms with E-state index in [0.29, 0.717) is 18.8 Å². The molecule has 0 saturated carbocycles. The van der Waals surface area contributed by atoms with E-state index in [1.54, 1.807) is 23.3 Å². The lowest BCUT2D eigenvalue weighted by molar-refractivity contribution is 0.0740. The van der Waals surface area contributed by atoms with E-state index in [4.69, 9.17) is 4.42 Å². The maximum atomic E-state index is 12.3. The van der Waals surface area contributed by atoms with E-state index in [0.717, 1.165) is 0 Å². The zero-order valence-electron chi connectivity index (χ0n) is 10.5. The van der Waals surface area contributed by atoms with Gasteiger partial charge in [-0.25, -0.2) is 0 Å². The van der Waals surface area contributed by atoms with E-state index in [1.807, 2.05) is 6.92 Å². The van der Waals surface area contributed by atoms with Gasteiger partial charge < -0.3 is 19.5 Å². The number of carbonyl (C=O) groups is 1. The Morgan fingerprint density at radius 1 is 1.26 bits per heavy atom. The van der Waals surface area contributed by atoms with Gasteiger partial charge in [0.15, 0.2) is 0 Å². The van der Waals surface area contributed by atoms with Crippen LogP contribution in [0.2, 0.25) is 0 Å². The van der Waals surface area contributed by atoms with Crippen molar-refractivity contribution >= 4 is 5.91 Å². The number of hydrogen-bond donors (Lipinski definition) is 2. The maximum Gasteiger partial charge on any atom is 0.254 e. The van der Waals surface area contributed by atoms with Crippen LogP contribution < -0.4 is 0 Å². The van der Waals surface area contributed by atoms with Crippen molar-refractivity contribution in [2.24, 2.45) is 0 Å². The number of furan rings is 1. The molecule has 2 aromatic rings. The van der Waals surface area contributed by atoms with Crippen molar-refractivity contribution in [1.82, 2.24) is 4.90 Å². The summed E-state index contributed by atoms with van der Waals surface area (Å²) in [6.07, 6.45) is 1.55. The first kappa shape index (κ1) is 13.0. The monoisotopic (exact) mass is 261 g/mol. The molecule has 0 radical (unpaired) electrons. The third-order valence-electron chi connectivity index (χ3n) is 2.75. The van der Waals surface area contributed by atoms with E-state index in [2.05, 4.69) is 0 Å². The van der Waals surface area contributed by atoms with E-state index in [1.165, 1.54) is 18.2 Å². The molecule has 0 aliphatic rings. The van der Waals surface area contributed by atoms with Crippen LogP contribution >= 0.6 is 0 Å². The Morgan fingerprint density at radius 3 is 2.47 bits per heavy atom. The van der Waals surface area contributed by atoms with Crippen molar-refractivity contribution in [1.29, 1.82) is 0 Å². The van der Waals surface area contributed by atoms with Crippen LogP contribution in [0.15, 0.2) is 41.0 Å². The molecule has 1 heterocycles. The summed E-state index contributed by atoms with van der Waals surface area (Å²) in [4.78, 5) is 13.8. The fourth-order valence-corrected chi connectivity index (χ4v) is 1.82. The van der Waals surface area contributed by atoms with Crippen molar-refractivity contribution in [2.45, 2.75) is 13.5 Å². The van der Waals surface area contributed by atoms with E-state index < -0.39 is 0 Å². The third kappa shape index (κ3) is 3.07. The average molecular weight is 261 g/mol. The van der Waals surface area contributed by atoms with Crippen LogP contribution in [0, 0.1) is 0 Å². The predicted octanol–water partition coefficient (Wildman–Crippen LogP) is 2.35. The van der Waals surface area contributed by atoms with Gasteiger partial charge in [-0.05, 0) is 31.2 Å². The second-order valence-corrected chi connectivity index (χ2v) is 4.14. The SMILES string of the molecule is CCN(Cc1ccco1)C(=O)c1cc(O)cc(O)c1. The van der Waals surface area contributed by atoms with E-state index >= 15 is 0 Å². The molecular formula is C14H15NO4. The molecule has 19 heavy (non-hydrogen) atoms. The van der Waals surface area contributed by atoms with Crippen LogP contribution in [-0.4, -0.2) is 27.6 Å². The molecule has 0 fully saturated rings. The molecule has 0 saturated heterocycles. The predicted molar refractivity (Wildman–Crippen MR) is 68.9 cm³/mol. The first-order chi connectivity index (χ1) is 9.10. The van der Waals surface area contributed by atoms with Crippen LogP contribution in [0.25, 0.3) is 0 Å². The van der Waals surface area contributed by atoms with Gasteiger partial charge in [0, 0.05) is 18.2 Å². The number of rotatable bonds is 4. The van der Waals surface area contributed by atoms with Gasteiger partial charge in [0.05, 0.1) is 12.8 Å². The number of hydrogen-bond acceptors (Lipinski definition) is 4. The number of phenols is 2. The number of carbonyl (C=O) groups excluding carboxylic acids is 1. The molecule has 1 amide bonds. The zero-order valence-corrected chi connectivity index (χ0v) is 10.5. The Hall–Kier alpha value is -2.43. The standard InChI is InChI=1S/C14H15NO4/c1-2-15(9-13-4-3-5-19-13)14(18)10-6-11(16)8-12(17)7-10/h3-8,16-17H,2,9H2,1H3. The van der Waals surface area contributed by atoms with Crippen LogP contribution in [0.1, 0.15) is 23.0 Å². The average Bonchev–Trinajstić information content (AvgIpc) is 2.86. The highest BCUT2D eigenvalue weighted by Crippen LogP contribution is 2.22. The lowest BCUT2D eigenvalue weighted by atomic mass is 10.1. The first-order valence-electron chi connectivity index (χ1n) is 5.95. The first-order valence-corrected chi connectivity index (χ1v) is 5.95. The van der Waals surface area contributed by atoms with Crippen LogP contribution in [0.4, 0.5) is 0 Å². The van der Waals surface area contributed by atoms with Gasteiger partial charge in [-0.15, -0.1) is 0 Å². The van der Waals surface area contributed by atoms with Crippen LogP contribution in [-0.2, 0) is 6.54 Å². The van der Waals surface area contributed by atoms with Gasteiger partial charge in [-0.1, -0.05) is 0 Å². The number of amides is 1. The Kier molecular flexibility index (Phi) is 3.75. The van der Waals surface area contributed by atoms with Gasteiger partial charge in [0.2, 0.25) is 0 Å². The van der Waals surface area contributed by atoms with Crippen molar-refractivity contribution in [3.05, 3.63) is 47.9 Å². The molecule has 0 spiro atoms. The summed E-state index contributed by atoms with van der Waals surface area (Å²) in [5.41, 5.74) is 0.242. The molecule has 0 aliphatic carbocycles. The zero-order chi connectivity index (χ0) is 13.8. The molecule has 100 valence electrons. The summed E-state index contributed by atoms with van der Waals surface area (Å²) in [5, 5.41) is 18.8. The molecule has 5 nitrogen and oxygen atoms in total. The molecule has 0 atom stereocenters. The Labute approximate surface area is 110 Å². The summed E-state index contributed by atoms with van der Waals surface area (Å²) in [6, 6.07) is 7.38. The minimum atomic E-state index is -0.273. The topological polar surface area (TPSA) is 73.9 Å². The molecule has 0 aliphatic heterocycles. The summed E-state index contributed by atoms with van der Waals surface area (Å²) < 4.78 is 5.21. The molecule has 5 heteroatoms. The fraction of sp³-hybridized carbons (Fsp3) is 0.214. The van der Waals surface area contributed by atoms with Gasteiger partial charge in [0.25, 0.3) is 5.91 Å². The van der Waals surface area contributed by atoms with Gasteiger partial charge in [0.1, 0.15) is 17.3 Å². The highest BCUT2D eigenvalue weighted by atomic mass is 16.3. The van der Waals surface area contributed by atoms with E-state index in [-0.39, 0.29) is 23.0 Å². The van der Waals surface area contributed by atoms with Crippen LogP contribution in [0.3, 0.4) is 0 Å². The number of benzene rings is 1. The second kappa shape index (κ2) is 5.48. The van der Waals surface area contributed by atoms with Crippen molar-refractivity contribution in [3.8, 4) is 11.5 Å². The highest BCUT2D eigenvalue weighted by Gasteiger charge is 2.17. The largest absolute Gasteiger partial charge is 0.508 e. The minimum absolute atomic E-state index is 0.141. The van der Waals surface area contributed by atoms with E-state index in [9.17, 15) is 15.0 Å². The number of nitrogens with zero attached hydrogens (tertiary/aromatic N) is 1. The maximum absolute atomic E-state index is 12.3. The Balaban J connectivity index is 2.20. The lowest BCUT2D eigenvalue weighted by Gasteiger charge is -2.19. The van der Waals surface area contributed by atoms with Gasteiger partial charge in [-0.3, -0.25) is 4.79 Å². The number of phenolic OH excluding ortho intramolecular Hbond substituents is 2. The number of aromatic hydroxyl groups is 2. The molecular weight excluding hydrogens is 246 g/mol. The summed E-state index contributed by atoms with van der Waals surface area (Å²) >= 11 is 0. The minimum Gasteiger partial charge on any atom is -0.508 e. The summed E-state index contributed by atoms with van der Waals surface area (Å²) in [7, 11) is 0. The van der Waals surface area contributed by atoms with Gasteiger partial charge >= 0.3 is 0 Å².